The van der Waals surface area contributed by atoms with Crippen LogP contribution in [0.15, 0.2) is 47.2 Å². The molecule has 128 valence electrons. The number of methoxy groups -OCH3 is 1. The first-order valence-electron chi connectivity index (χ1n) is 8.15. The lowest BCUT2D eigenvalue weighted by atomic mass is 10.1. The summed E-state index contributed by atoms with van der Waals surface area (Å²) in [6.45, 7) is 0.721. The zero-order valence-corrected chi connectivity index (χ0v) is 13.8. The topological polar surface area (TPSA) is 82.2 Å². The van der Waals surface area contributed by atoms with Gasteiger partial charge < -0.3 is 19.1 Å². The molecule has 0 saturated heterocycles. The summed E-state index contributed by atoms with van der Waals surface area (Å²) in [5, 5.41) is 6.92. The number of rotatable bonds is 4. The Morgan fingerprint density at radius 3 is 3.16 bits per heavy atom. The van der Waals surface area contributed by atoms with Crippen LogP contribution in [0.25, 0.3) is 11.3 Å². The van der Waals surface area contributed by atoms with Crippen molar-refractivity contribution in [2.24, 2.45) is 0 Å². The Kier molecular flexibility index (Phi) is 3.97. The molecule has 1 aliphatic rings. The van der Waals surface area contributed by atoms with Crippen LogP contribution in [0, 0.1) is 0 Å². The molecule has 0 radical (unpaired) electrons. The molecule has 1 N–H and O–H groups in total. The van der Waals surface area contributed by atoms with Gasteiger partial charge >= 0.3 is 0 Å². The first-order chi connectivity index (χ1) is 12.2. The second kappa shape index (κ2) is 6.43. The number of para-hydroxylation sites is 1. The van der Waals surface area contributed by atoms with Crippen LogP contribution in [0.3, 0.4) is 0 Å². The number of aryl methyl sites for hydroxylation is 1. The van der Waals surface area contributed by atoms with E-state index in [9.17, 15) is 4.79 Å². The fourth-order valence-electron chi connectivity index (χ4n) is 3.10. The second-order valence-electron chi connectivity index (χ2n) is 5.98. The Hall–Kier alpha value is -3.09. The Balaban J connectivity index is 1.48. The van der Waals surface area contributed by atoms with E-state index in [1.807, 2.05) is 30.5 Å². The summed E-state index contributed by atoms with van der Waals surface area (Å²) in [7, 11) is 1.59. The highest BCUT2D eigenvalue weighted by atomic mass is 16.5. The number of nitrogens with one attached hydrogen (secondary N) is 1. The molecule has 1 unspecified atom stereocenters. The number of carbonyl (C=O) groups excluding carboxylic acids is 1. The highest BCUT2D eigenvalue weighted by Gasteiger charge is 2.23. The highest BCUT2D eigenvalue weighted by Crippen LogP contribution is 2.29. The van der Waals surface area contributed by atoms with Crippen LogP contribution < -0.4 is 10.1 Å². The predicted octanol–water partition coefficient (Wildman–Crippen LogP) is 2.29. The number of ether oxygens (including phenoxy) is 1. The SMILES string of the molecule is COc1ccccc1-c1cc(C(=O)NC2CCc3nccn3C2)no1. The third-order valence-corrected chi connectivity index (χ3v) is 4.39. The molecule has 0 fully saturated rings. The van der Waals surface area contributed by atoms with Crippen LogP contribution >= 0.6 is 0 Å². The molecule has 1 aliphatic heterocycles. The summed E-state index contributed by atoms with van der Waals surface area (Å²) in [6.07, 6.45) is 5.43. The molecule has 0 aliphatic carbocycles. The van der Waals surface area contributed by atoms with Gasteiger partial charge in [-0.1, -0.05) is 17.3 Å². The summed E-state index contributed by atoms with van der Waals surface area (Å²) in [5.41, 5.74) is 1.02. The minimum atomic E-state index is -0.238. The minimum absolute atomic E-state index is 0.0561. The molecule has 2 aromatic heterocycles. The summed E-state index contributed by atoms with van der Waals surface area (Å²) in [5.74, 6) is 2.00. The third-order valence-electron chi connectivity index (χ3n) is 4.39. The van der Waals surface area contributed by atoms with Crippen LogP contribution in [0.1, 0.15) is 22.7 Å². The number of hydrogen-bond donors (Lipinski definition) is 1. The number of nitrogens with zero attached hydrogens (tertiary/aromatic N) is 3. The van der Waals surface area contributed by atoms with Crippen molar-refractivity contribution in [3.63, 3.8) is 0 Å². The largest absolute Gasteiger partial charge is 0.496 e. The third kappa shape index (κ3) is 3.00. The molecule has 25 heavy (non-hydrogen) atoms. The van der Waals surface area contributed by atoms with Crippen molar-refractivity contribution >= 4 is 5.91 Å². The highest BCUT2D eigenvalue weighted by molar-refractivity contribution is 5.93. The predicted molar refractivity (Wildman–Crippen MR) is 90.3 cm³/mol. The van der Waals surface area contributed by atoms with E-state index in [2.05, 4.69) is 20.0 Å². The van der Waals surface area contributed by atoms with Crippen molar-refractivity contribution in [2.45, 2.75) is 25.4 Å². The van der Waals surface area contributed by atoms with E-state index in [1.54, 1.807) is 19.4 Å². The van der Waals surface area contributed by atoms with Gasteiger partial charge in [-0.3, -0.25) is 4.79 Å². The van der Waals surface area contributed by atoms with Gasteiger partial charge in [-0.2, -0.15) is 0 Å². The molecule has 4 rings (SSSR count). The molecule has 1 amide bonds. The van der Waals surface area contributed by atoms with Gasteiger partial charge in [-0.05, 0) is 18.6 Å². The van der Waals surface area contributed by atoms with Gasteiger partial charge in [0.15, 0.2) is 11.5 Å². The summed E-state index contributed by atoms with van der Waals surface area (Å²) in [6, 6.07) is 9.15. The number of fused-ring (bicyclic) bond motifs is 1. The fraction of sp³-hybridized carbons (Fsp3) is 0.278. The average molecular weight is 338 g/mol. The van der Waals surface area contributed by atoms with E-state index in [4.69, 9.17) is 9.26 Å². The van der Waals surface area contributed by atoms with Crippen molar-refractivity contribution in [3.05, 3.63) is 54.2 Å². The standard InChI is InChI=1S/C18H18N4O3/c1-24-15-5-3-2-4-13(15)16-10-14(21-25-16)18(23)20-12-6-7-17-19-8-9-22(17)11-12/h2-5,8-10,12H,6-7,11H2,1H3,(H,20,23). The maximum Gasteiger partial charge on any atom is 0.273 e. The average Bonchev–Trinajstić information content (AvgIpc) is 3.30. The molecular weight excluding hydrogens is 320 g/mol. The maximum atomic E-state index is 12.5. The number of carbonyl (C=O) groups is 1. The van der Waals surface area contributed by atoms with Crippen molar-refractivity contribution in [1.29, 1.82) is 0 Å². The maximum absolute atomic E-state index is 12.5. The second-order valence-corrected chi connectivity index (χ2v) is 5.98. The molecule has 1 atom stereocenters. The van der Waals surface area contributed by atoms with Crippen LogP contribution in [-0.2, 0) is 13.0 Å². The molecule has 3 heterocycles. The van der Waals surface area contributed by atoms with E-state index >= 15 is 0 Å². The van der Waals surface area contributed by atoms with Crippen LogP contribution in [0.4, 0.5) is 0 Å². The van der Waals surface area contributed by atoms with Crippen molar-refractivity contribution in [2.75, 3.05) is 7.11 Å². The van der Waals surface area contributed by atoms with Crippen molar-refractivity contribution < 1.29 is 14.1 Å². The van der Waals surface area contributed by atoms with Crippen molar-refractivity contribution in [3.8, 4) is 17.1 Å². The van der Waals surface area contributed by atoms with E-state index < -0.39 is 0 Å². The first kappa shape index (κ1) is 15.4. The monoisotopic (exact) mass is 338 g/mol. The van der Waals surface area contributed by atoms with Gasteiger partial charge in [-0.25, -0.2) is 4.98 Å². The van der Waals surface area contributed by atoms with Gasteiger partial charge in [0.05, 0.1) is 12.7 Å². The van der Waals surface area contributed by atoms with Gasteiger partial charge in [0.2, 0.25) is 0 Å². The van der Waals surface area contributed by atoms with E-state index in [-0.39, 0.29) is 17.6 Å². The van der Waals surface area contributed by atoms with Crippen molar-refractivity contribution in [1.82, 2.24) is 20.0 Å². The molecule has 0 bridgehead atoms. The van der Waals surface area contributed by atoms with Gasteiger partial charge in [0, 0.05) is 37.5 Å². The normalized spacial score (nSPS) is 16.3. The summed E-state index contributed by atoms with van der Waals surface area (Å²) in [4.78, 5) is 16.8. The summed E-state index contributed by atoms with van der Waals surface area (Å²) < 4.78 is 12.7. The Labute approximate surface area is 144 Å². The number of benzene rings is 1. The van der Waals surface area contributed by atoms with E-state index in [0.717, 1.165) is 30.8 Å². The minimum Gasteiger partial charge on any atom is -0.496 e. The molecule has 3 aromatic rings. The number of imidazole rings is 1. The zero-order valence-electron chi connectivity index (χ0n) is 13.8. The molecule has 0 spiro atoms. The Morgan fingerprint density at radius 2 is 2.28 bits per heavy atom. The lowest BCUT2D eigenvalue weighted by molar-refractivity contribution is 0.0918. The Bertz CT molecular complexity index is 899. The van der Waals surface area contributed by atoms with Gasteiger partial charge in [-0.15, -0.1) is 0 Å². The fourth-order valence-corrected chi connectivity index (χ4v) is 3.10. The smallest absolute Gasteiger partial charge is 0.273 e. The molecular formula is C18H18N4O3. The lowest BCUT2D eigenvalue weighted by Crippen LogP contribution is -2.41. The van der Waals surface area contributed by atoms with E-state index in [0.29, 0.717) is 11.5 Å². The summed E-state index contributed by atoms with van der Waals surface area (Å²) >= 11 is 0. The van der Waals surface area contributed by atoms with Crippen LogP contribution in [0.2, 0.25) is 0 Å². The van der Waals surface area contributed by atoms with Gasteiger partial charge in [0.25, 0.3) is 5.91 Å². The van der Waals surface area contributed by atoms with Gasteiger partial charge in [0.1, 0.15) is 11.6 Å². The number of hydrogen-bond acceptors (Lipinski definition) is 5. The number of aromatic nitrogens is 3. The molecule has 7 nitrogen and oxygen atoms in total. The Morgan fingerprint density at radius 1 is 1.40 bits per heavy atom. The molecule has 0 saturated carbocycles. The lowest BCUT2D eigenvalue weighted by Gasteiger charge is -2.24. The van der Waals surface area contributed by atoms with Crippen LogP contribution in [-0.4, -0.2) is 33.8 Å². The quantitative estimate of drug-likeness (QED) is 0.789. The number of amides is 1. The van der Waals surface area contributed by atoms with Crippen LogP contribution in [0.5, 0.6) is 5.75 Å². The molecule has 7 heteroatoms. The molecule has 1 aromatic carbocycles. The van der Waals surface area contributed by atoms with E-state index in [1.165, 1.54) is 0 Å². The first-order valence-corrected chi connectivity index (χ1v) is 8.15. The zero-order chi connectivity index (χ0) is 17.2.